The minimum Gasteiger partial charge on any atom is -0.478 e. The van der Waals surface area contributed by atoms with Gasteiger partial charge in [0.25, 0.3) is 0 Å². The second kappa shape index (κ2) is 4.45. The first-order chi connectivity index (χ1) is 9.59. The van der Waals surface area contributed by atoms with E-state index in [1.54, 1.807) is 11.3 Å². The van der Waals surface area contributed by atoms with Gasteiger partial charge in [0.2, 0.25) is 0 Å². The minimum absolute atomic E-state index is 0.281. The van der Waals surface area contributed by atoms with Crippen molar-refractivity contribution in [3.8, 4) is 11.4 Å². The molecule has 0 aliphatic heterocycles. The fourth-order valence-corrected chi connectivity index (χ4v) is 2.39. The predicted molar refractivity (Wildman–Crippen MR) is 74.9 cm³/mol. The zero-order valence-corrected chi connectivity index (χ0v) is 11.2. The fourth-order valence-electron chi connectivity index (χ4n) is 2.39. The summed E-state index contributed by atoms with van der Waals surface area (Å²) in [5.74, 6) is -0.395. The lowest BCUT2D eigenvalue weighted by Gasteiger charge is -2.11. The molecule has 0 saturated heterocycles. The number of carbonyl (C=O) groups is 1. The number of aromatic nitrogens is 3. The van der Waals surface area contributed by atoms with Crippen LogP contribution in [0.1, 0.15) is 21.5 Å². The monoisotopic (exact) mass is 267 g/mol. The van der Waals surface area contributed by atoms with Crippen molar-refractivity contribution in [1.29, 1.82) is 0 Å². The molecule has 0 unspecified atom stereocenters. The second-order valence-corrected chi connectivity index (χ2v) is 4.71. The lowest BCUT2D eigenvalue weighted by Crippen LogP contribution is -2.06. The van der Waals surface area contributed by atoms with Crippen LogP contribution in [0.25, 0.3) is 17.0 Å². The number of hydrogen-bond acceptors (Lipinski definition) is 3. The summed E-state index contributed by atoms with van der Waals surface area (Å²) in [6.45, 7) is 3.67. The lowest BCUT2D eigenvalue weighted by atomic mass is 9.96. The van der Waals surface area contributed by atoms with Crippen LogP contribution >= 0.6 is 0 Å². The quantitative estimate of drug-likeness (QED) is 0.775. The molecule has 2 heterocycles. The van der Waals surface area contributed by atoms with Crippen LogP contribution in [-0.2, 0) is 0 Å². The first-order valence-electron chi connectivity index (χ1n) is 6.23. The standard InChI is InChI=1S/C15H13N3O2/c1-9-6-7-10(2)13(15(19)20)12(9)14-17-16-11-5-3-4-8-18(11)14/h3-8H,1-2H3,(H,19,20). The Balaban J connectivity index is 2.40. The number of benzene rings is 1. The van der Waals surface area contributed by atoms with E-state index in [2.05, 4.69) is 10.2 Å². The van der Waals surface area contributed by atoms with E-state index in [9.17, 15) is 9.90 Å². The molecule has 0 amide bonds. The number of carboxylic acids is 1. The molecule has 0 spiro atoms. The minimum atomic E-state index is -0.950. The highest BCUT2D eigenvalue weighted by atomic mass is 16.4. The zero-order chi connectivity index (χ0) is 14.3. The van der Waals surface area contributed by atoms with Gasteiger partial charge >= 0.3 is 5.97 Å². The van der Waals surface area contributed by atoms with Crippen LogP contribution in [0.5, 0.6) is 0 Å². The number of pyridine rings is 1. The molecule has 0 atom stereocenters. The van der Waals surface area contributed by atoms with Crippen molar-refractivity contribution in [2.45, 2.75) is 13.8 Å². The average molecular weight is 267 g/mol. The molecule has 3 rings (SSSR count). The van der Waals surface area contributed by atoms with Crippen molar-refractivity contribution in [2.75, 3.05) is 0 Å². The lowest BCUT2D eigenvalue weighted by molar-refractivity contribution is 0.0697. The molecule has 0 bridgehead atoms. The molecule has 1 aromatic carbocycles. The van der Waals surface area contributed by atoms with Gasteiger partial charge in [-0.05, 0) is 37.1 Å². The number of fused-ring (bicyclic) bond motifs is 1. The SMILES string of the molecule is Cc1ccc(C)c(-c2nnc3ccccn23)c1C(=O)O. The molecule has 3 aromatic rings. The Labute approximate surface area is 115 Å². The van der Waals surface area contributed by atoms with Gasteiger partial charge in [0, 0.05) is 11.8 Å². The highest BCUT2D eigenvalue weighted by molar-refractivity contribution is 5.97. The van der Waals surface area contributed by atoms with E-state index in [0.29, 0.717) is 22.6 Å². The van der Waals surface area contributed by atoms with Crippen molar-refractivity contribution in [2.24, 2.45) is 0 Å². The van der Waals surface area contributed by atoms with E-state index in [0.717, 1.165) is 5.56 Å². The van der Waals surface area contributed by atoms with E-state index < -0.39 is 5.97 Å². The van der Waals surface area contributed by atoms with Gasteiger partial charge in [-0.15, -0.1) is 10.2 Å². The maximum atomic E-state index is 11.6. The molecule has 5 heteroatoms. The molecular formula is C15H13N3O2. The van der Waals surface area contributed by atoms with Gasteiger partial charge in [-0.25, -0.2) is 4.79 Å². The molecule has 0 saturated carbocycles. The van der Waals surface area contributed by atoms with Crippen LogP contribution < -0.4 is 0 Å². The number of hydrogen-bond donors (Lipinski definition) is 1. The van der Waals surface area contributed by atoms with Crippen molar-refractivity contribution < 1.29 is 9.90 Å². The molecule has 20 heavy (non-hydrogen) atoms. The summed E-state index contributed by atoms with van der Waals surface area (Å²) in [5, 5.41) is 17.7. The first-order valence-corrected chi connectivity index (χ1v) is 6.23. The number of aryl methyl sites for hydroxylation is 2. The largest absolute Gasteiger partial charge is 0.478 e. The molecule has 2 aromatic heterocycles. The van der Waals surface area contributed by atoms with Gasteiger partial charge < -0.3 is 5.11 Å². The molecule has 0 fully saturated rings. The van der Waals surface area contributed by atoms with Crippen molar-refractivity contribution >= 4 is 11.6 Å². The summed E-state index contributed by atoms with van der Waals surface area (Å²) in [7, 11) is 0. The van der Waals surface area contributed by atoms with Crippen LogP contribution in [0.4, 0.5) is 0 Å². The van der Waals surface area contributed by atoms with Gasteiger partial charge in [-0.3, -0.25) is 4.40 Å². The number of carboxylic acid groups (broad SMARTS) is 1. The highest BCUT2D eigenvalue weighted by Crippen LogP contribution is 2.28. The molecular weight excluding hydrogens is 254 g/mol. The summed E-state index contributed by atoms with van der Waals surface area (Å²) < 4.78 is 1.80. The third-order valence-electron chi connectivity index (χ3n) is 3.37. The number of nitrogens with zero attached hydrogens (tertiary/aromatic N) is 3. The Morgan fingerprint density at radius 1 is 1.10 bits per heavy atom. The first kappa shape index (κ1) is 12.3. The summed E-state index contributed by atoms with van der Waals surface area (Å²) in [6.07, 6.45) is 1.83. The maximum Gasteiger partial charge on any atom is 0.336 e. The van der Waals surface area contributed by atoms with Gasteiger partial charge in [-0.2, -0.15) is 0 Å². The Hall–Kier alpha value is -2.69. The average Bonchev–Trinajstić information content (AvgIpc) is 2.84. The van der Waals surface area contributed by atoms with Gasteiger partial charge in [0.1, 0.15) is 0 Å². The summed E-state index contributed by atoms with van der Waals surface area (Å²) in [5.41, 5.74) is 3.18. The van der Waals surface area contributed by atoms with Crippen LogP contribution in [0.3, 0.4) is 0 Å². The van der Waals surface area contributed by atoms with Gasteiger partial charge in [-0.1, -0.05) is 18.2 Å². The summed E-state index contributed by atoms with van der Waals surface area (Å²) in [4.78, 5) is 11.6. The molecule has 0 aliphatic rings. The van der Waals surface area contributed by atoms with E-state index in [1.807, 2.05) is 43.5 Å². The normalized spacial score (nSPS) is 10.9. The molecule has 100 valence electrons. The third kappa shape index (κ3) is 1.75. The molecule has 0 aliphatic carbocycles. The number of aromatic carboxylic acids is 1. The smallest absolute Gasteiger partial charge is 0.336 e. The summed E-state index contributed by atoms with van der Waals surface area (Å²) >= 11 is 0. The topological polar surface area (TPSA) is 67.5 Å². The molecule has 5 nitrogen and oxygen atoms in total. The Bertz CT molecular complexity index is 821. The zero-order valence-electron chi connectivity index (χ0n) is 11.2. The fraction of sp³-hybridized carbons (Fsp3) is 0.133. The Morgan fingerprint density at radius 3 is 2.60 bits per heavy atom. The van der Waals surface area contributed by atoms with E-state index >= 15 is 0 Å². The highest BCUT2D eigenvalue weighted by Gasteiger charge is 2.20. The van der Waals surface area contributed by atoms with Crippen molar-refractivity contribution in [3.63, 3.8) is 0 Å². The van der Waals surface area contributed by atoms with Crippen molar-refractivity contribution in [3.05, 3.63) is 53.2 Å². The van der Waals surface area contributed by atoms with Crippen LogP contribution in [0.2, 0.25) is 0 Å². The Morgan fingerprint density at radius 2 is 1.85 bits per heavy atom. The van der Waals surface area contributed by atoms with Crippen LogP contribution in [0.15, 0.2) is 36.5 Å². The maximum absolute atomic E-state index is 11.6. The third-order valence-corrected chi connectivity index (χ3v) is 3.37. The predicted octanol–water partition coefficient (Wildman–Crippen LogP) is 2.71. The van der Waals surface area contributed by atoms with Crippen LogP contribution in [0, 0.1) is 13.8 Å². The number of rotatable bonds is 2. The molecule has 0 radical (unpaired) electrons. The van der Waals surface area contributed by atoms with Gasteiger partial charge in [0.15, 0.2) is 11.5 Å². The second-order valence-electron chi connectivity index (χ2n) is 4.71. The molecule has 1 N–H and O–H groups in total. The van der Waals surface area contributed by atoms with E-state index in [4.69, 9.17) is 0 Å². The summed E-state index contributed by atoms with van der Waals surface area (Å²) in [6, 6.07) is 9.29. The Kier molecular flexibility index (Phi) is 2.75. The van der Waals surface area contributed by atoms with E-state index in [1.165, 1.54) is 0 Å². The van der Waals surface area contributed by atoms with E-state index in [-0.39, 0.29) is 5.56 Å². The van der Waals surface area contributed by atoms with Gasteiger partial charge in [0.05, 0.1) is 5.56 Å². The van der Waals surface area contributed by atoms with Crippen LogP contribution in [-0.4, -0.2) is 25.7 Å². The van der Waals surface area contributed by atoms with Crippen molar-refractivity contribution in [1.82, 2.24) is 14.6 Å².